The van der Waals surface area contributed by atoms with Crippen molar-refractivity contribution in [2.45, 2.75) is 39.3 Å². The summed E-state index contributed by atoms with van der Waals surface area (Å²) in [6.07, 6.45) is 2.51. The average molecular weight is 325 g/mol. The van der Waals surface area contributed by atoms with Crippen molar-refractivity contribution in [3.05, 3.63) is 21.5 Å². The van der Waals surface area contributed by atoms with Crippen LogP contribution in [0.4, 0.5) is 10.9 Å². The minimum absolute atomic E-state index is 0.0968. The number of carbonyl (C=O) groups excluding carboxylic acids is 1. The zero-order chi connectivity index (χ0) is 15.4. The summed E-state index contributed by atoms with van der Waals surface area (Å²) in [4.78, 5) is 21.2. The molecule has 21 heavy (non-hydrogen) atoms. The van der Waals surface area contributed by atoms with Gasteiger partial charge in [-0.2, -0.15) is 0 Å². The van der Waals surface area contributed by atoms with Gasteiger partial charge in [0, 0.05) is 17.6 Å². The predicted octanol–water partition coefficient (Wildman–Crippen LogP) is 2.88. The Bertz CT molecular complexity index is 594. The molecule has 4 N–H and O–H groups in total. The molecule has 0 aliphatic rings. The predicted molar refractivity (Wildman–Crippen MR) is 87.9 cm³/mol. The maximum absolute atomic E-state index is 12.4. The summed E-state index contributed by atoms with van der Waals surface area (Å²) in [5, 5.41) is 9.58. The van der Waals surface area contributed by atoms with Crippen molar-refractivity contribution in [2.75, 3.05) is 11.1 Å². The number of carbonyl (C=O) groups is 1. The van der Waals surface area contributed by atoms with E-state index in [1.807, 2.05) is 26.2 Å². The normalized spacial score (nSPS) is 12.4. The first-order valence-electron chi connectivity index (χ1n) is 6.74. The number of amides is 1. The molecule has 1 amide bonds. The fraction of sp³-hybridized carbons (Fsp3) is 0.462. The number of nitrogens with zero attached hydrogens (tertiary/aromatic N) is 2. The molecule has 2 rings (SSSR count). The van der Waals surface area contributed by atoms with Gasteiger partial charge in [0.1, 0.15) is 15.7 Å². The molecule has 1 unspecified atom stereocenters. The molecule has 0 saturated heterocycles. The third kappa shape index (κ3) is 3.92. The summed E-state index contributed by atoms with van der Waals surface area (Å²) >= 11 is 2.80. The lowest BCUT2D eigenvalue weighted by Crippen LogP contribution is -2.28. The third-order valence-electron chi connectivity index (χ3n) is 2.73. The van der Waals surface area contributed by atoms with E-state index in [1.165, 1.54) is 22.7 Å². The Hall–Kier alpha value is -1.67. The Balaban J connectivity index is 2.11. The lowest BCUT2D eigenvalue weighted by atomic mass is 10.2. The zero-order valence-corrected chi connectivity index (χ0v) is 13.8. The maximum atomic E-state index is 12.4. The maximum Gasteiger partial charge on any atom is 0.265 e. The first kappa shape index (κ1) is 15.7. The molecule has 0 aliphatic heterocycles. The molecule has 0 aromatic carbocycles. The van der Waals surface area contributed by atoms with Crippen LogP contribution < -0.4 is 16.4 Å². The summed E-state index contributed by atoms with van der Waals surface area (Å²) < 4.78 is 0. The Morgan fingerprint density at radius 3 is 2.81 bits per heavy atom. The van der Waals surface area contributed by atoms with Gasteiger partial charge < -0.3 is 16.4 Å². The first-order valence-corrected chi connectivity index (χ1v) is 8.44. The van der Waals surface area contributed by atoms with E-state index in [0.29, 0.717) is 10.0 Å². The van der Waals surface area contributed by atoms with E-state index in [0.717, 1.165) is 11.4 Å². The van der Waals surface area contributed by atoms with Gasteiger partial charge >= 0.3 is 0 Å². The van der Waals surface area contributed by atoms with Crippen LogP contribution in [-0.4, -0.2) is 21.9 Å². The highest BCUT2D eigenvalue weighted by Crippen LogP contribution is 2.27. The van der Waals surface area contributed by atoms with Crippen molar-refractivity contribution in [2.24, 2.45) is 0 Å². The van der Waals surface area contributed by atoms with E-state index < -0.39 is 0 Å². The van der Waals surface area contributed by atoms with Crippen LogP contribution in [0.1, 0.15) is 47.9 Å². The van der Waals surface area contributed by atoms with Gasteiger partial charge in [0.25, 0.3) is 5.91 Å². The standard InChI is InChI=1S/C13H19N5OS2/c1-4-8(12-15-5-6-20-12)17-11(19)9-10(14)18-13(21-9)16-7(2)3/h5-8H,4,14H2,1-3H3,(H,16,18)(H,17,19). The number of aromatic nitrogens is 2. The number of nitrogens with two attached hydrogens (primary N) is 1. The highest BCUT2D eigenvalue weighted by Gasteiger charge is 2.21. The lowest BCUT2D eigenvalue weighted by molar-refractivity contribution is 0.0940. The molecule has 8 heteroatoms. The summed E-state index contributed by atoms with van der Waals surface area (Å²) in [7, 11) is 0. The highest BCUT2D eigenvalue weighted by molar-refractivity contribution is 7.18. The first-order chi connectivity index (χ1) is 10.0. The third-order valence-corrected chi connectivity index (χ3v) is 4.63. The van der Waals surface area contributed by atoms with Crippen molar-refractivity contribution < 1.29 is 4.79 Å². The fourth-order valence-corrected chi connectivity index (χ4v) is 3.48. The Morgan fingerprint density at radius 1 is 1.48 bits per heavy atom. The monoisotopic (exact) mass is 325 g/mol. The van der Waals surface area contributed by atoms with Crippen molar-refractivity contribution in [3.8, 4) is 0 Å². The van der Waals surface area contributed by atoms with Gasteiger partial charge in [-0.25, -0.2) is 9.97 Å². The van der Waals surface area contributed by atoms with E-state index in [1.54, 1.807) is 6.20 Å². The van der Waals surface area contributed by atoms with E-state index in [-0.39, 0.29) is 23.8 Å². The van der Waals surface area contributed by atoms with Gasteiger partial charge in [-0.05, 0) is 20.3 Å². The quantitative estimate of drug-likeness (QED) is 0.759. The van der Waals surface area contributed by atoms with Crippen molar-refractivity contribution >= 4 is 39.5 Å². The van der Waals surface area contributed by atoms with Gasteiger partial charge in [-0.1, -0.05) is 18.3 Å². The Labute approximate surface area is 131 Å². The lowest BCUT2D eigenvalue weighted by Gasteiger charge is -2.13. The van der Waals surface area contributed by atoms with Crippen molar-refractivity contribution in [1.29, 1.82) is 0 Å². The van der Waals surface area contributed by atoms with Crippen molar-refractivity contribution in [3.63, 3.8) is 0 Å². The second-order valence-corrected chi connectivity index (χ2v) is 6.76. The Kier molecular flexibility index (Phi) is 5.13. The zero-order valence-electron chi connectivity index (χ0n) is 12.2. The number of hydrogen-bond acceptors (Lipinski definition) is 7. The minimum Gasteiger partial charge on any atom is -0.382 e. The molecular formula is C13H19N5OS2. The molecular weight excluding hydrogens is 306 g/mol. The SMILES string of the molecule is CCC(NC(=O)c1sc(NC(C)C)nc1N)c1nccs1. The number of nitrogens with one attached hydrogen (secondary N) is 2. The summed E-state index contributed by atoms with van der Waals surface area (Å²) in [5.74, 6) is 0.0542. The van der Waals surface area contributed by atoms with E-state index >= 15 is 0 Å². The van der Waals surface area contributed by atoms with Gasteiger partial charge in [0.05, 0.1) is 6.04 Å². The number of thiazole rings is 2. The van der Waals surface area contributed by atoms with Crippen LogP contribution in [0.3, 0.4) is 0 Å². The molecule has 0 radical (unpaired) electrons. The second kappa shape index (κ2) is 6.86. The molecule has 0 saturated carbocycles. The Morgan fingerprint density at radius 2 is 2.24 bits per heavy atom. The van der Waals surface area contributed by atoms with Crippen LogP contribution in [0.25, 0.3) is 0 Å². The van der Waals surface area contributed by atoms with Crippen molar-refractivity contribution in [1.82, 2.24) is 15.3 Å². The number of rotatable bonds is 6. The van der Waals surface area contributed by atoms with Crippen LogP contribution in [0.15, 0.2) is 11.6 Å². The largest absolute Gasteiger partial charge is 0.382 e. The van der Waals surface area contributed by atoms with Gasteiger partial charge in [0.15, 0.2) is 5.13 Å². The molecule has 114 valence electrons. The molecule has 1 atom stereocenters. The summed E-state index contributed by atoms with van der Waals surface area (Å²) in [5.41, 5.74) is 5.84. The van der Waals surface area contributed by atoms with E-state index in [2.05, 4.69) is 20.6 Å². The molecule has 0 aliphatic carbocycles. The molecule has 2 aromatic heterocycles. The minimum atomic E-state index is -0.205. The molecule has 2 heterocycles. The number of nitrogen functional groups attached to an aromatic ring is 1. The fourth-order valence-electron chi connectivity index (χ4n) is 1.77. The number of hydrogen-bond donors (Lipinski definition) is 3. The van der Waals surface area contributed by atoms with E-state index in [4.69, 9.17) is 5.73 Å². The molecule has 0 fully saturated rings. The van der Waals surface area contributed by atoms with Gasteiger partial charge in [-0.3, -0.25) is 4.79 Å². The van der Waals surface area contributed by atoms with Gasteiger partial charge in [0.2, 0.25) is 0 Å². The molecule has 0 spiro atoms. The molecule has 0 bridgehead atoms. The average Bonchev–Trinajstić information content (AvgIpc) is 3.05. The van der Waals surface area contributed by atoms with Crippen LogP contribution in [0, 0.1) is 0 Å². The van der Waals surface area contributed by atoms with E-state index in [9.17, 15) is 4.79 Å². The van der Waals surface area contributed by atoms with Gasteiger partial charge in [-0.15, -0.1) is 11.3 Å². The summed E-state index contributed by atoms with van der Waals surface area (Å²) in [6, 6.07) is 0.144. The van der Waals surface area contributed by atoms with Crippen LogP contribution >= 0.6 is 22.7 Å². The summed E-state index contributed by atoms with van der Waals surface area (Å²) in [6.45, 7) is 6.02. The topological polar surface area (TPSA) is 92.9 Å². The van der Waals surface area contributed by atoms with Crippen LogP contribution in [-0.2, 0) is 0 Å². The highest BCUT2D eigenvalue weighted by atomic mass is 32.1. The van der Waals surface area contributed by atoms with Crippen LogP contribution in [0.5, 0.6) is 0 Å². The smallest absolute Gasteiger partial charge is 0.265 e. The molecule has 6 nitrogen and oxygen atoms in total. The molecule has 2 aromatic rings. The number of anilines is 2. The second-order valence-electron chi connectivity index (χ2n) is 4.84. The van der Waals surface area contributed by atoms with Crippen LogP contribution in [0.2, 0.25) is 0 Å².